The standard InChI is InChI=1S/C53H102O6/c1-5-7-9-11-13-15-17-18-19-20-21-22-23-25-29-33-37-41-45-52(55)58-48-50(47-57-51(54)44-40-36-32-28-24-16-14-12-10-8-6-2)59-53(56)46-42-38-34-30-26-27-31-35-39-43-49(3)4/h49-50H,5-48H2,1-4H3/t50-/m0/s1. The number of carbonyl (C=O) groups is 3. The highest BCUT2D eigenvalue weighted by molar-refractivity contribution is 5.71. The van der Waals surface area contributed by atoms with Crippen LogP contribution in [0.25, 0.3) is 0 Å². The van der Waals surface area contributed by atoms with E-state index in [1.54, 1.807) is 0 Å². The summed E-state index contributed by atoms with van der Waals surface area (Å²) in [5.41, 5.74) is 0. The van der Waals surface area contributed by atoms with Crippen molar-refractivity contribution in [1.82, 2.24) is 0 Å². The van der Waals surface area contributed by atoms with Crippen LogP contribution in [0.5, 0.6) is 0 Å². The van der Waals surface area contributed by atoms with Gasteiger partial charge in [0, 0.05) is 19.3 Å². The van der Waals surface area contributed by atoms with Crippen LogP contribution in [0.1, 0.15) is 297 Å². The van der Waals surface area contributed by atoms with Crippen LogP contribution in [-0.2, 0) is 28.6 Å². The van der Waals surface area contributed by atoms with Gasteiger partial charge in [-0.2, -0.15) is 0 Å². The van der Waals surface area contributed by atoms with Crippen LogP contribution in [-0.4, -0.2) is 37.2 Å². The predicted molar refractivity (Wildman–Crippen MR) is 252 cm³/mol. The van der Waals surface area contributed by atoms with Crippen molar-refractivity contribution in [3.05, 3.63) is 0 Å². The Morgan fingerprint density at radius 2 is 0.559 bits per heavy atom. The Morgan fingerprint density at radius 3 is 0.831 bits per heavy atom. The van der Waals surface area contributed by atoms with Crippen LogP contribution in [0.15, 0.2) is 0 Å². The summed E-state index contributed by atoms with van der Waals surface area (Å²) in [4.78, 5) is 37.9. The topological polar surface area (TPSA) is 78.9 Å². The van der Waals surface area contributed by atoms with Crippen molar-refractivity contribution in [2.24, 2.45) is 5.92 Å². The Labute approximate surface area is 368 Å². The van der Waals surface area contributed by atoms with Crippen LogP contribution in [0.4, 0.5) is 0 Å². The molecule has 0 aliphatic rings. The van der Waals surface area contributed by atoms with E-state index in [4.69, 9.17) is 14.2 Å². The van der Waals surface area contributed by atoms with E-state index in [0.29, 0.717) is 19.3 Å². The molecule has 59 heavy (non-hydrogen) atoms. The highest BCUT2D eigenvalue weighted by Gasteiger charge is 2.19. The van der Waals surface area contributed by atoms with E-state index in [1.165, 1.54) is 193 Å². The quantitative estimate of drug-likeness (QED) is 0.0345. The minimum atomic E-state index is -0.760. The van der Waals surface area contributed by atoms with E-state index in [9.17, 15) is 14.4 Å². The average molecular weight is 835 g/mol. The van der Waals surface area contributed by atoms with Gasteiger partial charge < -0.3 is 14.2 Å². The van der Waals surface area contributed by atoms with Crippen molar-refractivity contribution in [2.75, 3.05) is 13.2 Å². The third-order valence-corrected chi connectivity index (χ3v) is 12.0. The van der Waals surface area contributed by atoms with E-state index in [0.717, 1.165) is 63.7 Å². The SMILES string of the molecule is CCCCCCCCCCCCCCCCCCCCC(=O)OC[C@H](COC(=O)CCCCCCCCCCCCC)OC(=O)CCCCCCCCCCCC(C)C. The maximum absolute atomic E-state index is 12.8. The van der Waals surface area contributed by atoms with Crippen molar-refractivity contribution >= 4 is 17.9 Å². The third kappa shape index (κ3) is 47.3. The molecule has 0 saturated heterocycles. The van der Waals surface area contributed by atoms with E-state index in [-0.39, 0.29) is 31.1 Å². The molecular weight excluding hydrogens is 733 g/mol. The number of hydrogen-bond donors (Lipinski definition) is 0. The molecule has 0 spiro atoms. The van der Waals surface area contributed by atoms with Gasteiger partial charge in [0.1, 0.15) is 13.2 Å². The van der Waals surface area contributed by atoms with Gasteiger partial charge in [-0.3, -0.25) is 14.4 Å². The van der Waals surface area contributed by atoms with Crippen LogP contribution >= 0.6 is 0 Å². The molecule has 0 unspecified atom stereocenters. The van der Waals surface area contributed by atoms with Gasteiger partial charge >= 0.3 is 17.9 Å². The molecule has 0 amide bonds. The van der Waals surface area contributed by atoms with Gasteiger partial charge in [-0.05, 0) is 25.2 Å². The van der Waals surface area contributed by atoms with Crippen LogP contribution < -0.4 is 0 Å². The summed E-state index contributed by atoms with van der Waals surface area (Å²) in [6, 6.07) is 0. The highest BCUT2D eigenvalue weighted by atomic mass is 16.6. The van der Waals surface area contributed by atoms with Crippen LogP contribution in [0, 0.1) is 5.92 Å². The zero-order valence-corrected chi connectivity index (χ0v) is 40.2. The number of unbranched alkanes of at least 4 members (excludes halogenated alkanes) is 35. The summed E-state index contributed by atoms with van der Waals surface area (Å²) < 4.78 is 16.8. The molecule has 0 bridgehead atoms. The summed E-state index contributed by atoms with van der Waals surface area (Å²) >= 11 is 0. The first kappa shape index (κ1) is 57.4. The maximum Gasteiger partial charge on any atom is 0.306 e. The molecule has 0 saturated carbocycles. The lowest BCUT2D eigenvalue weighted by Crippen LogP contribution is -2.30. The molecule has 0 aliphatic carbocycles. The van der Waals surface area contributed by atoms with Gasteiger partial charge in [-0.1, -0.05) is 259 Å². The second kappa shape index (κ2) is 47.5. The number of rotatable bonds is 48. The first-order valence-electron chi connectivity index (χ1n) is 26.4. The molecule has 350 valence electrons. The lowest BCUT2D eigenvalue weighted by molar-refractivity contribution is -0.167. The lowest BCUT2D eigenvalue weighted by atomic mass is 10.0. The van der Waals surface area contributed by atoms with Crippen molar-refractivity contribution in [3.63, 3.8) is 0 Å². The van der Waals surface area contributed by atoms with E-state index in [1.807, 2.05) is 0 Å². The van der Waals surface area contributed by atoms with Crippen LogP contribution in [0.2, 0.25) is 0 Å². The van der Waals surface area contributed by atoms with Crippen molar-refractivity contribution in [1.29, 1.82) is 0 Å². The Morgan fingerprint density at radius 1 is 0.322 bits per heavy atom. The molecule has 0 radical (unpaired) electrons. The third-order valence-electron chi connectivity index (χ3n) is 12.0. The van der Waals surface area contributed by atoms with Gasteiger partial charge in [0.2, 0.25) is 0 Å². The van der Waals surface area contributed by atoms with Crippen LogP contribution in [0.3, 0.4) is 0 Å². The molecule has 0 N–H and O–H groups in total. The molecule has 6 heteroatoms. The first-order chi connectivity index (χ1) is 28.9. The van der Waals surface area contributed by atoms with Gasteiger partial charge in [-0.15, -0.1) is 0 Å². The fourth-order valence-corrected chi connectivity index (χ4v) is 8.04. The summed E-state index contributed by atoms with van der Waals surface area (Å²) in [6.07, 6.45) is 49.5. The average Bonchev–Trinajstić information content (AvgIpc) is 3.22. The molecule has 0 rings (SSSR count). The van der Waals surface area contributed by atoms with Crippen molar-refractivity contribution < 1.29 is 28.6 Å². The Kier molecular flexibility index (Phi) is 46.2. The minimum Gasteiger partial charge on any atom is -0.462 e. The molecule has 6 nitrogen and oxygen atoms in total. The summed E-state index contributed by atoms with van der Waals surface area (Å²) in [6.45, 7) is 9.00. The minimum absolute atomic E-state index is 0.0630. The maximum atomic E-state index is 12.8. The number of esters is 3. The fraction of sp³-hybridized carbons (Fsp3) is 0.943. The zero-order valence-electron chi connectivity index (χ0n) is 40.2. The lowest BCUT2D eigenvalue weighted by Gasteiger charge is -2.18. The fourth-order valence-electron chi connectivity index (χ4n) is 8.04. The molecule has 0 aromatic carbocycles. The monoisotopic (exact) mass is 835 g/mol. The van der Waals surface area contributed by atoms with E-state index < -0.39 is 6.10 Å². The molecular formula is C53H102O6. The highest BCUT2D eigenvalue weighted by Crippen LogP contribution is 2.17. The summed E-state index contributed by atoms with van der Waals surface area (Å²) in [7, 11) is 0. The van der Waals surface area contributed by atoms with Gasteiger partial charge in [0.15, 0.2) is 6.10 Å². The molecule has 0 aromatic rings. The normalized spacial score (nSPS) is 11.9. The first-order valence-corrected chi connectivity index (χ1v) is 26.4. The number of ether oxygens (including phenoxy) is 3. The Hall–Kier alpha value is -1.59. The zero-order chi connectivity index (χ0) is 43.1. The number of hydrogen-bond acceptors (Lipinski definition) is 6. The molecule has 0 aliphatic heterocycles. The molecule has 0 fully saturated rings. The molecule has 1 atom stereocenters. The van der Waals surface area contributed by atoms with Crippen molar-refractivity contribution in [2.45, 2.75) is 303 Å². The summed E-state index contributed by atoms with van der Waals surface area (Å²) in [5.74, 6) is -0.0397. The second-order valence-corrected chi connectivity index (χ2v) is 18.6. The summed E-state index contributed by atoms with van der Waals surface area (Å²) in [5, 5.41) is 0. The Bertz CT molecular complexity index is 887. The van der Waals surface area contributed by atoms with Crippen molar-refractivity contribution in [3.8, 4) is 0 Å². The van der Waals surface area contributed by atoms with Gasteiger partial charge in [-0.25, -0.2) is 0 Å². The smallest absolute Gasteiger partial charge is 0.306 e. The van der Waals surface area contributed by atoms with E-state index >= 15 is 0 Å². The molecule has 0 heterocycles. The predicted octanol–water partition coefficient (Wildman–Crippen LogP) is 17.1. The van der Waals surface area contributed by atoms with Gasteiger partial charge in [0.05, 0.1) is 0 Å². The Balaban J connectivity index is 4.25. The molecule has 0 aromatic heterocycles. The largest absolute Gasteiger partial charge is 0.462 e. The number of carbonyl (C=O) groups excluding carboxylic acids is 3. The van der Waals surface area contributed by atoms with E-state index in [2.05, 4.69) is 27.7 Å². The second-order valence-electron chi connectivity index (χ2n) is 18.6. The van der Waals surface area contributed by atoms with Gasteiger partial charge in [0.25, 0.3) is 0 Å².